The fraction of sp³-hybridized carbons (Fsp3) is 0.600. The zero-order chi connectivity index (χ0) is 16.2. The van der Waals surface area contributed by atoms with Crippen molar-refractivity contribution in [2.75, 3.05) is 7.11 Å². The van der Waals surface area contributed by atoms with Crippen molar-refractivity contribution in [3.05, 3.63) is 23.8 Å². The van der Waals surface area contributed by atoms with Crippen LogP contribution < -0.4 is 4.74 Å². The molecule has 0 heterocycles. The predicted octanol–water partition coefficient (Wildman–Crippen LogP) is 4.89. The minimum absolute atomic E-state index is 0.0214. The first-order valence-electron chi connectivity index (χ1n) is 7.19. The molecule has 22 heavy (non-hydrogen) atoms. The third kappa shape index (κ3) is 5.19. The van der Waals surface area contributed by atoms with Crippen LogP contribution in [0.25, 0.3) is 0 Å². The summed E-state index contributed by atoms with van der Waals surface area (Å²) in [7, 11) is 0.314. The summed E-state index contributed by atoms with van der Waals surface area (Å²) in [6.45, 7) is 0. The molecule has 124 valence electrons. The molecule has 0 radical (unpaired) electrons. The summed E-state index contributed by atoms with van der Waals surface area (Å²) in [4.78, 5) is 0.0214. The van der Waals surface area contributed by atoms with Crippen molar-refractivity contribution in [1.82, 2.24) is 0 Å². The average Bonchev–Trinajstić information content (AvgIpc) is 2.47. The Morgan fingerprint density at radius 3 is 2.55 bits per heavy atom. The molecule has 0 N–H and O–H groups in total. The van der Waals surface area contributed by atoms with Crippen LogP contribution in [0.3, 0.4) is 0 Å². The number of methoxy groups -OCH3 is 1. The summed E-state index contributed by atoms with van der Waals surface area (Å²) < 4.78 is 55.1. The minimum atomic E-state index is -4.37. The Bertz CT molecular complexity index is 526. The van der Waals surface area contributed by atoms with E-state index in [0.717, 1.165) is 25.7 Å². The van der Waals surface area contributed by atoms with Crippen LogP contribution in [0, 0.1) is 0 Å². The van der Waals surface area contributed by atoms with E-state index in [2.05, 4.69) is 0 Å². The lowest BCUT2D eigenvalue weighted by molar-refractivity contribution is -0.0328. The highest BCUT2D eigenvalue weighted by atomic mass is 32.2. The van der Waals surface area contributed by atoms with Crippen LogP contribution in [0.1, 0.15) is 37.7 Å². The van der Waals surface area contributed by atoms with Gasteiger partial charge in [0.05, 0.1) is 12.0 Å². The van der Waals surface area contributed by atoms with E-state index < -0.39 is 16.3 Å². The van der Waals surface area contributed by atoms with Crippen LogP contribution in [-0.2, 0) is 16.6 Å². The second-order valence-electron chi connectivity index (χ2n) is 5.32. The van der Waals surface area contributed by atoms with Gasteiger partial charge in [0.2, 0.25) is 0 Å². The maximum atomic E-state index is 12.6. The van der Waals surface area contributed by atoms with Gasteiger partial charge in [0.15, 0.2) is 0 Å². The van der Waals surface area contributed by atoms with Crippen molar-refractivity contribution in [3.8, 4) is 5.75 Å². The first kappa shape index (κ1) is 17.7. The van der Waals surface area contributed by atoms with E-state index in [1.807, 2.05) is 0 Å². The first-order chi connectivity index (χ1) is 10.4. The van der Waals surface area contributed by atoms with E-state index in [-0.39, 0.29) is 27.7 Å². The third-order valence-electron chi connectivity index (χ3n) is 3.69. The molecule has 0 aromatic heterocycles. The summed E-state index contributed by atoms with van der Waals surface area (Å²) in [6.07, 6.45) is 5.27. The molecule has 2 rings (SSSR count). The quantitative estimate of drug-likeness (QED) is 0.706. The maximum Gasteiger partial charge on any atom is 0.446 e. The average molecular weight is 352 g/mol. The second kappa shape index (κ2) is 7.73. The van der Waals surface area contributed by atoms with Gasteiger partial charge in [0.1, 0.15) is 5.75 Å². The maximum absolute atomic E-state index is 12.6. The van der Waals surface area contributed by atoms with Crippen molar-refractivity contribution < 1.29 is 22.1 Å². The van der Waals surface area contributed by atoms with E-state index in [1.165, 1.54) is 25.7 Å². The number of thioether (sulfide) groups is 1. The van der Waals surface area contributed by atoms with Crippen molar-refractivity contribution in [1.29, 1.82) is 0 Å². The lowest BCUT2D eigenvalue weighted by Gasteiger charge is -2.21. The van der Waals surface area contributed by atoms with E-state index in [9.17, 15) is 17.4 Å². The molecular weight excluding hydrogens is 333 g/mol. The molecule has 0 bridgehead atoms. The molecular formula is C15H19F3O2S2. The molecule has 2 nitrogen and oxygen atoms in total. The Morgan fingerprint density at radius 2 is 1.95 bits per heavy atom. The van der Waals surface area contributed by atoms with Crippen molar-refractivity contribution in [3.63, 3.8) is 0 Å². The van der Waals surface area contributed by atoms with Crippen LogP contribution >= 0.6 is 11.8 Å². The Kier molecular flexibility index (Phi) is 6.20. The van der Waals surface area contributed by atoms with Gasteiger partial charge in [-0.25, -0.2) is 0 Å². The van der Waals surface area contributed by atoms with Gasteiger partial charge in [-0.05, 0) is 42.3 Å². The van der Waals surface area contributed by atoms with Gasteiger partial charge < -0.3 is 4.74 Å². The van der Waals surface area contributed by atoms with E-state index >= 15 is 0 Å². The van der Waals surface area contributed by atoms with Gasteiger partial charge >= 0.3 is 5.51 Å². The number of hydrogen-bond acceptors (Lipinski definition) is 3. The molecule has 7 heteroatoms. The molecule has 1 saturated carbocycles. The van der Waals surface area contributed by atoms with Gasteiger partial charge in [-0.1, -0.05) is 25.3 Å². The molecule has 1 unspecified atom stereocenters. The first-order valence-corrected chi connectivity index (χ1v) is 9.39. The summed E-state index contributed by atoms with van der Waals surface area (Å²) in [6, 6.07) is 4.65. The Hall–Kier alpha value is -0.690. The molecule has 1 atom stereocenters. The zero-order valence-electron chi connectivity index (χ0n) is 12.3. The molecule has 1 fully saturated rings. The standard InChI is InChI=1S/C15H19F3O2S2/c1-20-13-8-7-11(9-14(13)21-15(16,17)18)10-22(19)12-5-3-2-4-6-12/h7-9,12H,2-6,10H2,1H3. The zero-order valence-corrected chi connectivity index (χ0v) is 14.0. The van der Waals surface area contributed by atoms with Gasteiger partial charge in [-0.15, -0.1) is 0 Å². The number of rotatable bonds is 5. The summed E-state index contributed by atoms with van der Waals surface area (Å²) in [5, 5.41) is 0.176. The molecule has 1 aliphatic carbocycles. The lowest BCUT2D eigenvalue weighted by atomic mass is 10.0. The molecule has 1 aliphatic rings. The third-order valence-corrected chi connectivity index (χ3v) is 6.29. The van der Waals surface area contributed by atoms with E-state index in [4.69, 9.17) is 4.74 Å². The number of benzene rings is 1. The normalized spacial score (nSPS) is 18.2. The molecule has 0 aliphatic heterocycles. The summed E-state index contributed by atoms with van der Waals surface area (Å²) >= 11 is -0.195. The minimum Gasteiger partial charge on any atom is -0.496 e. The fourth-order valence-corrected chi connectivity index (χ4v) is 4.94. The SMILES string of the molecule is COc1ccc(CS(=O)C2CCCCC2)cc1SC(F)(F)F. The summed E-state index contributed by atoms with van der Waals surface area (Å²) in [5.74, 6) is 0.495. The van der Waals surface area contributed by atoms with Crippen LogP contribution in [0.5, 0.6) is 5.75 Å². The molecule has 0 saturated heterocycles. The van der Waals surface area contributed by atoms with Crippen LogP contribution in [0.2, 0.25) is 0 Å². The number of halogens is 3. The Morgan fingerprint density at radius 1 is 1.27 bits per heavy atom. The highest BCUT2D eigenvalue weighted by Gasteiger charge is 2.31. The van der Waals surface area contributed by atoms with Crippen LogP contribution in [0.15, 0.2) is 23.1 Å². The highest BCUT2D eigenvalue weighted by Crippen LogP contribution is 2.42. The smallest absolute Gasteiger partial charge is 0.446 e. The summed E-state index contributed by atoms with van der Waals surface area (Å²) in [5.41, 5.74) is -3.70. The molecule has 0 amide bonds. The van der Waals surface area contributed by atoms with E-state index in [0.29, 0.717) is 11.3 Å². The largest absolute Gasteiger partial charge is 0.496 e. The monoisotopic (exact) mass is 352 g/mol. The van der Waals surface area contributed by atoms with Gasteiger partial charge in [0.25, 0.3) is 0 Å². The molecule has 0 spiro atoms. The Labute approximate surface area is 135 Å². The van der Waals surface area contributed by atoms with Crippen LogP contribution in [0.4, 0.5) is 13.2 Å². The highest BCUT2D eigenvalue weighted by molar-refractivity contribution is 8.00. The van der Waals surface area contributed by atoms with Crippen molar-refractivity contribution in [2.45, 2.75) is 53.5 Å². The second-order valence-corrected chi connectivity index (χ2v) is 8.14. The predicted molar refractivity (Wildman–Crippen MR) is 83.6 cm³/mol. The number of hydrogen-bond donors (Lipinski definition) is 0. The molecule has 1 aromatic carbocycles. The van der Waals surface area contributed by atoms with Crippen LogP contribution in [-0.4, -0.2) is 22.1 Å². The number of alkyl halides is 3. The van der Waals surface area contributed by atoms with E-state index in [1.54, 1.807) is 6.07 Å². The Balaban J connectivity index is 2.10. The number of ether oxygens (including phenoxy) is 1. The van der Waals surface area contributed by atoms with Gasteiger partial charge in [-0.2, -0.15) is 13.2 Å². The van der Waals surface area contributed by atoms with Gasteiger partial charge in [0, 0.05) is 21.8 Å². The topological polar surface area (TPSA) is 26.3 Å². The van der Waals surface area contributed by atoms with Gasteiger partial charge in [-0.3, -0.25) is 4.21 Å². The van der Waals surface area contributed by atoms with Crippen molar-refractivity contribution >= 4 is 22.6 Å². The lowest BCUT2D eigenvalue weighted by Crippen LogP contribution is -2.19. The fourth-order valence-electron chi connectivity index (χ4n) is 2.63. The van der Waals surface area contributed by atoms with Crippen molar-refractivity contribution in [2.24, 2.45) is 0 Å². The molecule has 1 aromatic rings.